The number of carbonyl (C=O) groups excluding carboxylic acids is 2. The molecule has 4 N–H and O–H groups in total. The average Bonchev–Trinajstić information content (AvgIpc) is 3.51. The number of nitrogens with one attached hydrogen (secondary N) is 1. The van der Waals surface area contributed by atoms with Crippen LogP contribution in [0.25, 0.3) is 10.4 Å². The summed E-state index contributed by atoms with van der Waals surface area (Å²) in [5.41, 5.74) is 4.13. The number of nitrogens with zero attached hydrogens (tertiary/aromatic N) is 2. The number of likely N-dealkylation sites (tertiary alicyclic amines) is 1. The van der Waals surface area contributed by atoms with E-state index in [1.807, 2.05) is 6.07 Å². The fraction of sp³-hybridized carbons (Fsp3) is 0.227. The van der Waals surface area contributed by atoms with Crippen molar-refractivity contribution in [2.45, 2.75) is 19.1 Å². The largest absolute Gasteiger partial charge is 0.506 e. The summed E-state index contributed by atoms with van der Waals surface area (Å²) in [6, 6.07) is 10.2. The molecule has 0 bridgehead atoms. The van der Waals surface area contributed by atoms with E-state index in [0.717, 1.165) is 16.9 Å². The summed E-state index contributed by atoms with van der Waals surface area (Å²) in [5, 5.41) is 36.3. The highest BCUT2D eigenvalue weighted by Crippen LogP contribution is 2.39. The number of benzene rings is 1. The summed E-state index contributed by atoms with van der Waals surface area (Å²) in [5.74, 6) is -0.799. The number of halogens is 1. The number of hydrazone groups is 1. The first-order chi connectivity index (χ1) is 15.7. The molecule has 4 rings (SSSR count). The Morgan fingerprint density at radius 3 is 2.55 bits per heavy atom. The van der Waals surface area contributed by atoms with Crippen molar-refractivity contribution < 1.29 is 24.9 Å². The average molecular weight is 506 g/mol. The molecule has 33 heavy (non-hydrogen) atoms. The minimum atomic E-state index is -0.970. The molecule has 3 heterocycles. The number of hydrogen-bond acceptors (Lipinski definition) is 8. The summed E-state index contributed by atoms with van der Waals surface area (Å²) in [7, 11) is 0. The second kappa shape index (κ2) is 9.62. The number of amides is 2. The number of rotatable bonds is 5. The van der Waals surface area contributed by atoms with Crippen molar-refractivity contribution in [3.05, 3.63) is 62.1 Å². The third-order valence-electron chi connectivity index (χ3n) is 5.15. The zero-order valence-corrected chi connectivity index (χ0v) is 19.7. The molecule has 1 aliphatic heterocycles. The van der Waals surface area contributed by atoms with Gasteiger partial charge in [-0.05, 0) is 36.8 Å². The van der Waals surface area contributed by atoms with Gasteiger partial charge in [0.25, 0.3) is 11.8 Å². The minimum Gasteiger partial charge on any atom is -0.506 e. The summed E-state index contributed by atoms with van der Waals surface area (Å²) >= 11 is 8.37. The van der Waals surface area contributed by atoms with Crippen molar-refractivity contribution in [1.82, 2.24) is 10.3 Å². The maximum atomic E-state index is 12.5. The molecule has 0 saturated carbocycles. The van der Waals surface area contributed by atoms with Crippen LogP contribution in [0, 0.1) is 0 Å². The predicted octanol–water partition coefficient (Wildman–Crippen LogP) is 3.17. The summed E-state index contributed by atoms with van der Waals surface area (Å²) in [4.78, 5) is 27.6. The molecule has 1 aliphatic rings. The number of thiophene rings is 2. The maximum Gasteiger partial charge on any atom is 0.281 e. The van der Waals surface area contributed by atoms with Gasteiger partial charge < -0.3 is 20.2 Å². The molecule has 0 radical (unpaired) electrons. The van der Waals surface area contributed by atoms with Crippen LogP contribution in [0.1, 0.15) is 31.8 Å². The number of hydrogen-bond donors (Lipinski definition) is 4. The molecule has 0 spiro atoms. The zero-order valence-electron chi connectivity index (χ0n) is 17.4. The van der Waals surface area contributed by atoms with Crippen molar-refractivity contribution in [1.29, 1.82) is 0 Å². The molecule has 0 aliphatic carbocycles. The van der Waals surface area contributed by atoms with Crippen LogP contribution in [0.3, 0.4) is 0 Å². The first-order valence-electron chi connectivity index (χ1n) is 9.91. The van der Waals surface area contributed by atoms with Gasteiger partial charge in [-0.2, -0.15) is 5.10 Å². The molecule has 2 amide bonds. The van der Waals surface area contributed by atoms with Crippen molar-refractivity contribution >= 4 is 51.8 Å². The van der Waals surface area contributed by atoms with E-state index in [-0.39, 0.29) is 29.6 Å². The van der Waals surface area contributed by atoms with Gasteiger partial charge in [0.2, 0.25) is 0 Å². The molecular weight excluding hydrogens is 486 g/mol. The Morgan fingerprint density at radius 1 is 1.15 bits per heavy atom. The molecule has 1 fully saturated rings. The van der Waals surface area contributed by atoms with Crippen LogP contribution in [0.15, 0.2) is 46.9 Å². The Hall–Kier alpha value is -2.76. The van der Waals surface area contributed by atoms with E-state index in [1.54, 1.807) is 30.5 Å². The first-order valence-corrected chi connectivity index (χ1v) is 12.0. The third kappa shape index (κ3) is 4.94. The Bertz CT molecular complexity index is 1230. The van der Waals surface area contributed by atoms with E-state index in [9.17, 15) is 24.9 Å². The molecule has 3 aromatic rings. The first kappa shape index (κ1) is 23.4. The number of β-amino-alcohol motifs (C(OH)–C–C–N with tert-alkyl or cyclic N) is 2. The lowest BCUT2D eigenvalue weighted by Crippen LogP contribution is -2.29. The van der Waals surface area contributed by atoms with Crippen LogP contribution >= 0.6 is 34.3 Å². The van der Waals surface area contributed by atoms with Crippen molar-refractivity contribution in [3.63, 3.8) is 0 Å². The van der Waals surface area contributed by atoms with Crippen LogP contribution in [0.2, 0.25) is 5.02 Å². The highest BCUT2D eigenvalue weighted by Gasteiger charge is 2.33. The van der Waals surface area contributed by atoms with E-state index < -0.39 is 18.1 Å². The molecule has 2 atom stereocenters. The van der Waals surface area contributed by atoms with Crippen LogP contribution < -0.4 is 5.43 Å². The van der Waals surface area contributed by atoms with Crippen molar-refractivity contribution in [2.24, 2.45) is 5.10 Å². The van der Waals surface area contributed by atoms with E-state index in [4.69, 9.17) is 11.6 Å². The summed E-state index contributed by atoms with van der Waals surface area (Å²) in [6.07, 6.45) is -1.94. The SMILES string of the molecule is CC(=NNC(=O)c1ccc(C(=O)N2CC(O)C(O)C2)s1)c1csc(-c2cccc(Cl)c2)c1O. The van der Waals surface area contributed by atoms with Crippen LogP contribution in [-0.2, 0) is 0 Å². The molecule has 2 unspecified atom stereocenters. The third-order valence-corrected chi connectivity index (χ3v) is 7.48. The van der Waals surface area contributed by atoms with E-state index in [0.29, 0.717) is 26.1 Å². The van der Waals surface area contributed by atoms with E-state index in [1.165, 1.54) is 28.4 Å². The molecule has 1 saturated heterocycles. The standard InChI is InChI=1S/C22H20ClN3O5S2/c1-11(14-10-32-20(19(14)29)12-3-2-4-13(23)7-12)24-25-21(30)17-5-6-18(33-17)22(31)26-8-15(27)16(28)9-26/h2-7,10,15-16,27-29H,8-9H2,1H3,(H,25,30). The van der Waals surface area contributed by atoms with Gasteiger partial charge in [-0.3, -0.25) is 9.59 Å². The van der Waals surface area contributed by atoms with Gasteiger partial charge in [0.05, 0.1) is 38.1 Å². The number of carbonyl (C=O) groups is 2. The Morgan fingerprint density at radius 2 is 1.85 bits per heavy atom. The Labute approximate surface area is 202 Å². The molecule has 8 nitrogen and oxygen atoms in total. The molecule has 172 valence electrons. The topological polar surface area (TPSA) is 122 Å². The fourth-order valence-corrected chi connectivity index (χ4v) is 5.42. The van der Waals surface area contributed by atoms with Crippen molar-refractivity contribution in [2.75, 3.05) is 13.1 Å². The van der Waals surface area contributed by atoms with Gasteiger partial charge in [-0.15, -0.1) is 22.7 Å². The van der Waals surface area contributed by atoms with Gasteiger partial charge >= 0.3 is 0 Å². The summed E-state index contributed by atoms with van der Waals surface area (Å²) in [6.45, 7) is 1.76. The number of aliphatic hydroxyl groups excluding tert-OH is 2. The van der Waals surface area contributed by atoms with Gasteiger partial charge in [0, 0.05) is 23.5 Å². The lowest BCUT2D eigenvalue weighted by molar-refractivity contribution is 0.0572. The second-order valence-corrected chi connectivity index (χ2v) is 9.88. The van der Waals surface area contributed by atoms with Gasteiger partial charge in [-0.25, -0.2) is 5.43 Å². The molecule has 2 aromatic heterocycles. The predicted molar refractivity (Wildman–Crippen MR) is 128 cm³/mol. The quantitative estimate of drug-likeness (QED) is 0.313. The second-order valence-electron chi connectivity index (χ2n) is 7.48. The summed E-state index contributed by atoms with van der Waals surface area (Å²) < 4.78 is 0. The van der Waals surface area contributed by atoms with E-state index in [2.05, 4.69) is 10.5 Å². The molecular formula is C22H20ClN3O5S2. The normalized spacial score (nSPS) is 18.5. The minimum absolute atomic E-state index is 0.0459. The fourth-order valence-electron chi connectivity index (χ4n) is 3.36. The van der Waals surface area contributed by atoms with Crippen LogP contribution in [0.5, 0.6) is 5.75 Å². The van der Waals surface area contributed by atoms with Crippen molar-refractivity contribution in [3.8, 4) is 16.2 Å². The van der Waals surface area contributed by atoms with Crippen LogP contribution in [-0.4, -0.2) is 63.0 Å². The highest BCUT2D eigenvalue weighted by atomic mass is 35.5. The number of aliphatic hydroxyl groups is 2. The van der Waals surface area contributed by atoms with Gasteiger partial charge in [-0.1, -0.05) is 23.7 Å². The van der Waals surface area contributed by atoms with Gasteiger partial charge in [0.15, 0.2) is 0 Å². The number of aromatic hydroxyl groups is 1. The monoisotopic (exact) mass is 505 g/mol. The Balaban J connectivity index is 1.44. The smallest absolute Gasteiger partial charge is 0.281 e. The van der Waals surface area contributed by atoms with Crippen LogP contribution in [0.4, 0.5) is 0 Å². The zero-order chi connectivity index (χ0) is 23.7. The maximum absolute atomic E-state index is 12.5. The highest BCUT2D eigenvalue weighted by molar-refractivity contribution is 7.16. The van der Waals surface area contributed by atoms with Gasteiger partial charge in [0.1, 0.15) is 5.75 Å². The van der Waals surface area contributed by atoms with E-state index >= 15 is 0 Å². The molecule has 1 aromatic carbocycles. The lowest BCUT2D eigenvalue weighted by Gasteiger charge is -2.13. The molecule has 11 heteroatoms. The Kier molecular flexibility index (Phi) is 6.82. The lowest BCUT2D eigenvalue weighted by atomic mass is 10.1.